The van der Waals surface area contributed by atoms with Crippen LogP contribution in [0.4, 0.5) is 10.1 Å². The van der Waals surface area contributed by atoms with Crippen molar-refractivity contribution >= 4 is 21.6 Å². The maximum atomic E-state index is 14.0. The van der Waals surface area contributed by atoms with Crippen molar-refractivity contribution in [2.75, 3.05) is 5.73 Å². The van der Waals surface area contributed by atoms with Crippen LogP contribution in [-0.4, -0.2) is 20.2 Å². The molecule has 2 N–H and O–H groups in total. The Labute approximate surface area is 128 Å². The zero-order valence-corrected chi connectivity index (χ0v) is 12.7. The minimum absolute atomic E-state index is 0.268. The molecule has 0 fully saturated rings. The second kappa shape index (κ2) is 5.25. The van der Waals surface area contributed by atoms with Crippen molar-refractivity contribution < 1.29 is 4.39 Å². The highest BCUT2D eigenvalue weighted by atomic mass is 79.9. The molecule has 7 heteroatoms. The largest absolute Gasteiger partial charge is 0.399 e. The minimum atomic E-state index is -0.410. The van der Waals surface area contributed by atoms with Crippen molar-refractivity contribution in [3.8, 4) is 17.1 Å². The molecule has 3 rings (SSSR count). The van der Waals surface area contributed by atoms with Crippen molar-refractivity contribution in [1.29, 1.82) is 0 Å². The highest BCUT2D eigenvalue weighted by Crippen LogP contribution is 2.25. The first kappa shape index (κ1) is 13.7. The lowest BCUT2D eigenvalue weighted by Gasteiger charge is -2.08. The summed E-state index contributed by atoms with van der Waals surface area (Å²) < 4.78 is 16.1. The number of hydrogen-bond acceptors (Lipinski definition) is 4. The van der Waals surface area contributed by atoms with Gasteiger partial charge in [-0.25, -0.2) is 4.39 Å². The van der Waals surface area contributed by atoms with E-state index in [1.165, 1.54) is 10.7 Å². The summed E-state index contributed by atoms with van der Waals surface area (Å²) in [6.45, 7) is 1.92. The molecule has 0 bridgehead atoms. The normalized spacial score (nSPS) is 10.8. The smallest absolute Gasteiger partial charge is 0.187 e. The summed E-state index contributed by atoms with van der Waals surface area (Å²) in [5.41, 5.74) is 8.44. The van der Waals surface area contributed by atoms with Crippen molar-refractivity contribution in [3.63, 3.8) is 0 Å². The number of benzene rings is 2. The fourth-order valence-electron chi connectivity index (χ4n) is 2.12. The van der Waals surface area contributed by atoms with Gasteiger partial charge in [0.25, 0.3) is 0 Å². The molecule has 2 aromatic carbocycles. The predicted octanol–water partition coefficient (Wildman–Crippen LogP) is 3.12. The second-order valence-corrected chi connectivity index (χ2v) is 5.56. The number of halogens is 2. The molecule has 0 aliphatic heterocycles. The zero-order valence-electron chi connectivity index (χ0n) is 11.1. The lowest BCUT2D eigenvalue weighted by atomic mass is 10.1. The SMILES string of the molecule is Cc1cc(N)cc(-c2nnnn2-c2cc(Br)ccc2F)c1. The van der Waals surface area contributed by atoms with Gasteiger partial charge < -0.3 is 5.73 Å². The van der Waals surface area contributed by atoms with E-state index >= 15 is 0 Å². The maximum Gasteiger partial charge on any atom is 0.187 e. The second-order valence-electron chi connectivity index (χ2n) is 4.64. The van der Waals surface area contributed by atoms with Crippen LogP contribution in [0.1, 0.15) is 5.56 Å². The van der Waals surface area contributed by atoms with Crippen LogP contribution in [0.3, 0.4) is 0 Å². The standard InChI is InChI=1S/C14H11BrFN5/c1-8-4-9(6-11(17)5-8)14-18-19-20-21(14)13-7-10(15)2-3-12(13)16/h2-7H,17H2,1H3. The Bertz CT molecular complexity index is 795. The first-order valence-corrected chi connectivity index (χ1v) is 6.95. The first-order chi connectivity index (χ1) is 10.0. The molecule has 0 spiro atoms. The summed E-state index contributed by atoms with van der Waals surface area (Å²) >= 11 is 3.32. The molecule has 0 saturated carbocycles. The summed E-state index contributed by atoms with van der Waals surface area (Å²) in [5, 5.41) is 11.5. The van der Waals surface area contributed by atoms with Crippen LogP contribution in [-0.2, 0) is 0 Å². The molecule has 0 saturated heterocycles. The van der Waals surface area contributed by atoms with E-state index in [0.29, 0.717) is 11.5 Å². The fraction of sp³-hybridized carbons (Fsp3) is 0.0714. The molecular formula is C14H11BrFN5. The monoisotopic (exact) mass is 347 g/mol. The maximum absolute atomic E-state index is 14.0. The van der Waals surface area contributed by atoms with Gasteiger partial charge in [-0.15, -0.1) is 5.10 Å². The Morgan fingerprint density at radius 2 is 2.00 bits per heavy atom. The number of nitrogens with zero attached hydrogens (tertiary/aromatic N) is 4. The van der Waals surface area contributed by atoms with Crippen LogP contribution in [0.25, 0.3) is 17.1 Å². The lowest BCUT2D eigenvalue weighted by molar-refractivity contribution is 0.607. The number of anilines is 1. The minimum Gasteiger partial charge on any atom is -0.399 e. The van der Waals surface area contributed by atoms with Gasteiger partial charge in [0.05, 0.1) is 0 Å². The number of rotatable bonds is 2. The molecule has 3 aromatic rings. The molecule has 0 radical (unpaired) electrons. The van der Waals surface area contributed by atoms with Crippen molar-refractivity contribution in [1.82, 2.24) is 20.2 Å². The van der Waals surface area contributed by atoms with Crippen molar-refractivity contribution in [3.05, 3.63) is 52.3 Å². The molecule has 0 aliphatic rings. The van der Waals surface area contributed by atoms with E-state index in [0.717, 1.165) is 15.6 Å². The zero-order chi connectivity index (χ0) is 15.0. The van der Waals surface area contributed by atoms with Gasteiger partial charge in [0.15, 0.2) is 5.82 Å². The molecule has 0 amide bonds. The Balaban J connectivity index is 2.19. The van der Waals surface area contributed by atoms with Gasteiger partial charge in [-0.2, -0.15) is 4.68 Å². The number of nitrogens with two attached hydrogens (primary N) is 1. The van der Waals surface area contributed by atoms with Gasteiger partial charge in [0.1, 0.15) is 11.5 Å². The third-order valence-electron chi connectivity index (χ3n) is 2.96. The fourth-order valence-corrected chi connectivity index (χ4v) is 2.47. The first-order valence-electron chi connectivity index (χ1n) is 6.16. The molecule has 5 nitrogen and oxygen atoms in total. The Hall–Kier alpha value is -2.28. The lowest BCUT2D eigenvalue weighted by Crippen LogP contribution is -2.03. The number of aromatic nitrogens is 4. The van der Waals surface area contributed by atoms with Gasteiger partial charge in [-0.05, 0) is 59.3 Å². The number of tetrazole rings is 1. The van der Waals surface area contributed by atoms with Crippen LogP contribution in [0.2, 0.25) is 0 Å². The topological polar surface area (TPSA) is 69.6 Å². The summed E-state index contributed by atoms with van der Waals surface area (Å²) in [4.78, 5) is 0. The number of aryl methyl sites for hydroxylation is 1. The quantitative estimate of drug-likeness (QED) is 0.723. The average molecular weight is 348 g/mol. The Morgan fingerprint density at radius 3 is 2.76 bits per heavy atom. The van der Waals surface area contributed by atoms with Gasteiger partial charge in [0, 0.05) is 15.7 Å². The predicted molar refractivity (Wildman–Crippen MR) is 81.4 cm³/mol. The van der Waals surface area contributed by atoms with E-state index in [1.807, 2.05) is 19.1 Å². The van der Waals surface area contributed by atoms with Crippen LogP contribution < -0.4 is 5.73 Å². The van der Waals surface area contributed by atoms with E-state index < -0.39 is 5.82 Å². The molecule has 0 atom stereocenters. The van der Waals surface area contributed by atoms with E-state index in [1.54, 1.807) is 18.2 Å². The number of hydrogen-bond donors (Lipinski definition) is 1. The van der Waals surface area contributed by atoms with Gasteiger partial charge >= 0.3 is 0 Å². The van der Waals surface area contributed by atoms with Crippen molar-refractivity contribution in [2.24, 2.45) is 0 Å². The highest BCUT2D eigenvalue weighted by Gasteiger charge is 2.15. The summed E-state index contributed by atoms with van der Waals surface area (Å²) in [6.07, 6.45) is 0. The van der Waals surface area contributed by atoms with Gasteiger partial charge in [-0.3, -0.25) is 0 Å². The summed E-state index contributed by atoms with van der Waals surface area (Å²) in [5.74, 6) is 0.0229. The molecule has 1 heterocycles. The van der Waals surface area contributed by atoms with E-state index in [9.17, 15) is 4.39 Å². The highest BCUT2D eigenvalue weighted by molar-refractivity contribution is 9.10. The molecule has 0 aliphatic carbocycles. The van der Waals surface area contributed by atoms with Gasteiger partial charge in [0.2, 0.25) is 0 Å². The Kier molecular flexibility index (Phi) is 3.42. The van der Waals surface area contributed by atoms with Gasteiger partial charge in [-0.1, -0.05) is 15.9 Å². The van der Waals surface area contributed by atoms with Crippen LogP contribution in [0.5, 0.6) is 0 Å². The molecule has 0 unspecified atom stereocenters. The summed E-state index contributed by atoms with van der Waals surface area (Å²) in [7, 11) is 0. The van der Waals surface area contributed by atoms with Crippen LogP contribution >= 0.6 is 15.9 Å². The average Bonchev–Trinajstić information content (AvgIpc) is 2.89. The molecular weight excluding hydrogens is 337 g/mol. The van der Waals surface area contributed by atoms with E-state index in [4.69, 9.17) is 5.73 Å². The molecule has 106 valence electrons. The number of nitrogen functional groups attached to an aromatic ring is 1. The molecule has 21 heavy (non-hydrogen) atoms. The van der Waals surface area contributed by atoms with Crippen LogP contribution in [0.15, 0.2) is 40.9 Å². The van der Waals surface area contributed by atoms with Crippen molar-refractivity contribution in [2.45, 2.75) is 6.92 Å². The van der Waals surface area contributed by atoms with E-state index in [-0.39, 0.29) is 5.69 Å². The van der Waals surface area contributed by atoms with Crippen LogP contribution in [0, 0.1) is 12.7 Å². The summed E-state index contributed by atoms with van der Waals surface area (Å²) in [6, 6.07) is 10.1. The third-order valence-corrected chi connectivity index (χ3v) is 3.46. The third kappa shape index (κ3) is 2.64. The van der Waals surface area contributed by atoms with E-state index in [2.05, 4.69) is 31.5 Å². The Morgan fingerprint density at radius 1 is 1.19 bits per heavy atom. The molecule has 1 aromatic heterocycles.